The lowest BCUT2D eigenvalue weighted by Crippen LogP contribution is -2.16. The van der Waals surface area contributed by atoms with Crippen molar-refractivity contribution in [2.45, 2.75) is 0 Å². The fourth-order valence-electron chi connectivity index (χ4n) is 2.18. The van der Waals surface area contributed by atoms with Crippen LogP contribution in [-0.2, 0) is 0 Å². The van der Waals surface area contributed by atoms with Gasteiger partial charge in [-0.3, -0.25) is 4.79 Å². The predicted molar refractivity (Wildman–Crippen MR) is 104 cm³/mol. The molecule has 0 bridgehead atoms. The third kappa shape index (κ3) is 3.63. The molecule has 0 saturated heterocycles. The molecular formula is C17H12BrClN2O3S. The summed E-state index contributed by atoms with van der Waals surface area (Å²) in [6, 6.07) is 10.7. The van der Waals surface area contributed by atoms with Crippen molar-refractivity contribution in [3.63, 3.8) is 0 Å². The normalized spacial score (nSPS) is 11.2. The zero-order valence-electron chi connectivity index (χ0n) is 12.9. The third-order valence-corrected chi connectivity index (χ3v) is 5.69. The number of carbonyl (C=O) groups is 1. The number of methoxy groups -OCH3 is 1. The molecular weight excluding hydrogens is 428 g/mol. The number of thiophene rings is 1. The first-order valence-electron chi connectivity index (χ1n) is 7.08. The van der Waals surface area contributed by atoms with Crippen LogP contribution in [0.5, 0.6) is 11.5 Å². The van der Waals surface area contributed by atoms with E-state index in [0.29, 0.717) is 25.7 Å². The van der Waals surface area contributed by atoms with Crippen LogP contribution < -0.4 is 10.2 Å². The maximum Gasteiger partial charge on any atom is 0.283 e. The second kappa shape index (κ2) is 7.43. The predicted octanol–water partition coefficient (Wildman–Crippen LogP) is 4.80. The molecule has 1 heterocycles. The fraction of sp³-hybridized carbons (Fsp3) is 0.0588. The molecule has 3 aromatic rings. The number of nitrogens with one attached hydrogen (secondary N) is 1. The fourth-order valence-corrected chi connectivity index (χ4v) is 4.04. The monoisotopic (exact) mass is 438 g/mol. The van der Waals surface area contributed by atoms with E-state index in [1.165, 1.54) is 24.7 Å². The first-order chi connectivity index (χ1) is 12.0. The highest BCUT2D eigenvalue weighted by Crippen LogP contribution is 2.35. The van der Waals surface area contributed by atoms with Gasteiger partial charge >= 0.3 is 0 Å². The van der Waals surface area contributed by atoms with Gasteiger partial charge in [-0.25, -0.2) is 5.43 Å². The SMILES string of the molecule is COc1cc(Br)c(O)c(/C=N\NC(=O)c2sc3ccccc3c2Cl)c1. The number of hydrogen-bond acceptors (Lipinski definition) is 5. The number of hydrogen-bond donors (Lipinski definition) is 2. The Morgan fingerprint density at radius 1 is 1.40 bits per heavy atom. The zero-order valence-corrected chi connectivity index (χ0v) is 16.1. The van der Waals surface area contributed by atoms with E-state index < -0.39 is 5.91 Å². The number of nitrogens with zero attached hydrogens (tertiary/aromatic N) is 1. The lowest BCUT2D eigenvalue weighted by molar-refractivity contribution is 0.0959. The van der Waals surface area contributed by atoms with E-state index in [4.69, 9.17) is 16.3 Å². The Morgan fingerprint density at radius 3 is 2.88 bits per heavy atom. The number of ether oxygens (including phenoxy) is 1. The summed E-state index contributed by atoms with van der Waals surface area (Å²) in [7, 11) is 1.52. The first kappa shape index (κ1) is 17.7. The molecule has 0 fully saturated rings. The van der Waals surface area contributed by atoms with Crippen LogP contribution in [0.3, 0.4) is 0 Å². The van der Waals surface area contributed by atoms with E-state index in [1.807, 2.05) is 24.3 Å². The molecule has 5 nitrogen and oxygen atoms in total. The summed E-state index contributed by atoms with van der Waals surface area (Å²) in [6.45, 7) is 0. The number of phenolic OH excluding ortho intramolecular Hbond substituents is 1. The van der Waals surface area contributed by atoms with Crippen molar-refractivity contribution in [3.05, 3.63) is 56.3 Å². The lowest BCUT2D eigenvalue weighted by Gasteiger charge is -2.05. The highest BCUT2D eigenvalue weighted by Gasteiger charge is 2.16. The number of amides is 1. The molecule has 0 unspecified atom stereocenters. The maximum absolute atomic E-state index is 12.3. The average Bonchev–Trinajstić information content (AvgIpc) is 2.95. The summed E-state index contributed by atoms with van der Waals surface area (Å²) < 4.78 is 6.52. The van der Waals surface area contributed by atoms with Gasteiger partial charge < -0.3 is 9.84 Å². The highest BCUT2D eigenvalue weighted by molar-refractivity contribution is 9.10. The summed E-state index contributed by atoms with van der Waals surface area (Å²) in [5.41, 5.74) is 2.82. The minimum Gasteiger partial charge on any atom is -0.506 e. The summed E-state index contributed by atoms with van der Waals surface area (Å²) >= 11 is 10.8. The van der Waals surface area contributed by atoms with Crippen molar-refractivity contribution in [1.82, 2.24) is 5.43 Å². The van der Waals surface area contributed by atoms with Crippen LogP contribution >= 0.6 is 38.9 Å². The van der Waals surface area contributed by atoms with Gasteiger partial charge in [-0.15, -0.1) is 11.3 Å². The molecule has 3 rings (SSSR count). The highest BCUT2D eigenvalue weighted by atomic mass is 79.9. The van der Waals surface area contributed by atoms with E-state index >= 15 is 0 Å². The van der Waals surface area contributed by atoms with Gasteiger partial charge in [0.2, 0.25) is 0 Å². The minimum absolute atomic E-state index is 0.00121. The molecule has 1 aromatic heterocycles. The molecule has 8 heteroatoms. The van der Waals surface area contributed by atoms with Gasteiger partial charge in [-0.05, 0) is 34.1 Å². The van der Waals surface area contributed by atoms with Crippen molar-refractivity contribution in [2.75, 3.05) is 7.11 Å². The first-order valence-corrected chi connectivity index (χ1v) is 9.07. The van der Waals surface area contributed by atoms with E-state index in [-0.39, 0.29) is 5.75 Å². The number of benzene rings is 2. The average molecular weight is 440 g/mol. The van der Waals surface area contributed by atoms with Crippen LogP contribution in [0.15, 0.2) is 46.0 Å². The van der Waals surface area contributed by atoms with Crippen LogP contribution in [0.4, 0.5) is 0 Å². The Bertz CT molecular complexity index is 987. The van der Waals surface area contributed by atoms with Gasteiger partial charge in [0, 0.05) is 15.6 Å². The largest absolute Gasteiger partial charge is 0.506 e. The number of phenols is 1. The van der Waals surface area contributed by atoms with Crippen molar-refractivity contribution >= 4 is 61.1 Å². The number of halogens is 2. The number of carbonyl (C=O) groups excluding carboxylic acids is 1. The quantitative estimate of drug-likeness (QED) is 0.453. The van der Waals surface area contributed by atoms with E-state index in [9.17, 15) is 9.90 Å². The molecule has 2 N–H and O–H groups in total. The van der Waals surface area contributed by atoms with Crippen LogP contribution in [0.2, 0.25) is 5.02 Å². The van der Waals surface area contributed by atoms with Gasteiger partial charge in [0.25, 0.3) is 5.91 Å². The maximum atomic E-state index is 12.3. The van der Waals surface area contributed by atoms with Gasteiger partial charge in [0.1, 0.15) is 16.4 Å². The molecule has 0 saturated carbocycles. The van der Waals surface area contributed by atoms with E-state index in [1.54, 1.807) is 12.1 Å². The van der Waals surface area contributed by atoms with Gasteiger partial charge in [0.15, 0.2) is 0 Å². The molecule has 0 aliphatic carbocycles. The zero-order chi connectivity index (χ0) is 18.0. The number of fused-ring (bicyclic) bond motifs is 1. The van der Waals surface area contributed by atoms with Crippen LogP contribution in [0.25, 0.3) is 10.1 Å². The smallest absolute Gasteiger partial charge is 0.283 e. The summed E-state index contributed by atoms with van der Waals surface area (Å²) in [5, 5.41) is 15.1. The second-order valence-electron chi connectivity index (χ2n) is 4.99. The summed E-state index contributed by atoms with van der Waals surface area (Å²) in [5.74, 6) is 0.132. The summed E-state index contributed by atoms with van der Waals surface area (Å²) in [4.78, 5) is 12.7. The van der Waals surface area contributed by atoms with E-state index in [0.717, 1.165) is 10.1 Å². The molecule has 2 aromatic carbocycles. The van der Waals surface area contributed by atoms with Gasteiger partial charge in [-0.2, -0.15) is 5.10 Å². The Kier molecular flexibility index (Phi) is 5.27. The topological polar surface area (TPSA) is 70.9 Å². The van der Waals surface area contributed by atoms with Crippen molar-refractivity contribution < 1.29 is 14.6 Å². The standard InChI is InChI=1S/C17H12BrClN2O3S/c1-24-10-6-9(15(22)12(18)7-10)8-20-21-17(23)16-14(19)11-4-2-3-5-13(11)25-16/h2-8,22H,1H3,(H,21,23)/b20-8-. The Morgan fingerprint density at radius 2 is 2.16 bits per heavy atom. The van der Waals surface area contributed by atoms with Crippen LogP contribution in [-0.4, -0.2) is 24.3 Å². The molecule has 0 radical (unpaired) electrons. The molecule has 0 spiro atoms. The Balaban J connectivity index is 1.81. The van der Waals surface area contributed by atoms with Crippen molar-refractivity contribution in [2.24, 2.45) is 5.10 Å². The molecule has 1 amide bonds. The number of rotatable bonds is 4. The van der Waals surface area contributed by atoms with Crippen molar-refractivity contribution in [1.29, 1.82) is 0 Å². The second-order valence-corrected chi connectivity index (χ2v) is 7.27. The third-order valence-electron chi connectivity index (χ3n) is 3.41. The summed E-state index contributed by atoms with van der Waals surface area (Å²) in [6.07, 6.45) is 1.34. The van der Waals surface area contributed by atoms with E-state index in [2.05, 4.69) is 26.5 Å². The van der Waals surface area contributed by atoms with Gasteiger partial charge in [0.05, 0.1) is 22.8 Å². The number of hydrazone groups is 1. The Labute approximate surface area is 161 Å². The van der Waals surface area contributed by atoms with Crippen LogP contribution in [0, 0.1) is 0 Å². The molecule has 0 aliphatic rings. The van der Waals surface area contributed by atoms with Crippen molar-refractivity contribution in [3.8, 4) is 11.5 Å². The van der Waals surface area contributed by atoms with Gasteiger partial charge in [-0.1, -0.05) is 29.8 Å². The van der Waals surface area contributed by atoms with Crippen LogP contribution in [0.1, 0.15) is 15.2 Å². The molecule has 0 atom stereocenters. The molecule has 25 heavy (non-hydrogen) atoms. The lowest BCUT2D eigenvalue weighted by atomic mass is 10.2. The minimum atomic E-state index is -0.413. The number of aromatic hydroxyl groups is 1. The molecule has 128 valence electrons. The molecule has 0 aliphatic heterocycles. The Hall–Kier alpha value is -2.09.